The van der Waals surface area contributed by atoms with Gasteiger partial charge in [-0.3, -0.25) is 13.9 Å². The quantitative estimate of drug-likeness (QED) is 0.110. The molecule has 0 aliphatic rings. The van der Waals surface area contributed by atoms with Gasteiger partial charge in [0.25, 0.3) is 5.85 Å². The molecule has 2 heterocycles. The molecule has 256 valence electrons. The molecular weight excluding hydrogens is 641 g/mol. The molecule has 0 saturated carbocycles. The normalized spacial score (nSPS) is 17.1. The maximum atomic E-state index is 16.5. The number of alkyl halides is 2. The van der Waals surface area contributed by atoms with Crippen LogP contribution in [0.2, 0.25) is 0 Å². The smallest absolute Gasteiger partial charge is 0.459 e. The number of rotatable bonds is 16. The Morgan fingerprint density at radius 3 is 2.53 bits per heavy atom. The molecule has 4 rings (SSSR count). The number of halogens is 2. The number of aliphatic hydroxyl groups is 1. The number of methoxy groups -OCH3 is 1. The van der Waals surface area contributed by atoms with Gasteiger partial charge in [-0.25, -0.2) is 18.3 Å². The first-order valence-corrected chi connectivity index (χ1v) is 16.3. The van der Waals surface area contributed by atoms with Crippen molar-refractivity contribution in [3.05, 3.63) is 48.8 Å². The van der Waals surface area contributed by atoms with Crippen molar-refractivity contribution in [1.82, 2.24) is 24.6 Å². The molecule has 2 aromatic carbocycles. The summed E-state index contributed by atoms with van der Waals surface area (Å²) in [5, 5.41) is 14.9. The fourth-order valence-electron chi connectivity index (χ4n) is 4.55. The molecule has 17 heteroatoms. The lowest BCUT2D eigenvalue weighted by molar-refractivity contribution is -0.253. The van der Waals surface area contributed by atoms with Crippen LogP contribution in [0, 0.1) is 5.92 Å². The van der Waals surface area contributed by atoms with Crippen molar-refractivity contribution in [3.8, 4) is 11.6 Å². The molecule has 0 radical (unpaired) electrons. The van der Waals surface area contributed by atoms with Crippen LogP contribution >= 0.6 is 7.75 Å². The van der Waals surface area contributed by atoms with E-state index in [4.69, 9.17) is 29.0 Å². The van der Waals surface area contributed by atoms with Crippen molar-refractivity contribution in [2.75, 3.05) is 32.7 Å². The number of hydrogen-bond donors (Lipinski definition) is 3. The van der Waals surface area contributed by atoms with Crippen molar-refractivity contribution in [3.63, 3.8) is 0 Å². The first-order chi connectivity index (χ1) is 22.1. The van der Waals surface area contributed by atoms with Crippen LogP contribution in [0.25, 0.3) is 21.9 Å². The Kier molecular flexibility index (Phi) is 11.0. The first kappa shape index (κ1) is 35.9. The van der Waals surface area contributed by atoms with E-state index in [0.717, 1.165) is 30.3 Å². The van der Waals surface area contributed by atoms with E-state index in [0.29, 0.717) is 5.39 Å². The largest absolute Gasteiger partial charge is 0.476 e. The number of carbonyl (C=O) groups is 1. The summed E-state index contributed by atoms with van der Waals surface area (Å²) in [6.07, 6.45) is -1.69. The van der Waals surface area contributed by atoms with Crippen molar-refractivity contribution in [2.24, 2.45) is 5.92 Å². The second-order valence-electron chi connectivity index (χ2n) is 11.2. The monoisotopic (exact) mass is 680 g/mol. The van der Waals surface area contributed by atoms with E-state index in [2.05, 4.69) is 20.0 Å². The summed E-state index contributed by atoms with van der Waals surface area (Å²) in [5.41, 5.74) is 5.57. The van der Waals surface area contributed by atoms with Crippen LogP contribution in [0.4, 0.5) is 14.7 Å². The minimum atomic E-state index is -4.70. The number of carbonyl (C=O) groups excluding carboxylic acids is 1. The van der Waals surface area contributed by atoms with Crippen molar-refractivity contribution >= 4 is 41.6 Å². The van der Waals surface area contributed by atoms with E-state index in [1.165, 1.54) is 13.0 Å². The number of nitrogens with one attached hydrogen (secondary N) is 1. The average Bonchev–Trinajstić information content (AvgIpc) is 3.47. The lowest BCUT2D eigenvalue weighted by Crippen LogP contribution is -2.55. The number of fused-ring (bicyclic) bond motifs is 2. The number of benzene rings is 2. The zero-order chi connectivity index (χ0) is 34.6. The fraction of sp³-hybridized carbons (Fsp3) is 0.467. The molecule has 0 aliphatic heterocycles. The maximum Gasteiger partial charge on any atom is 0.459 e. The Morgan fingerprint density at radius 2 is 1.85 bits per heavy atom. The fourth-order valence-corrected chi connectivity index (χ4v) is 6.08. The zero-order valence-corrected chi connectivity index (χ0v) is 27.7. The molecule has 0 amide bonds. The molecule has 0 bridgehead atoms. The number of anilines is 1. The van der Waals surface area contributed by atoms with Crippen LogP contribution in [-0.4, -0.2) is 75.5 Å². The van der Waals surface area contributed by atoms with Crippen molar-refractivity contribution in [2.45, 2.75) is 58.4 Å². The highest BCUT2D eigenvalue weighted by Gasteiger charge is 2.54. The number of ether oxygens (including phenoxy) is 3. The van der Waals surface area contributed by atoms with Gasteiger partial charge in [-0.15, -0.1) is 0 Å². The summed E-state index contributed by atoms with van der Waals surface area (Å²) >= 11 is 0. The summed E-state index contributed by atoms with van der Waals surface area (Å²) < 4.78 is 74.8. The van der Waals surface area contributed by atoms with Gasteiger partial charge < -0.3 is 29.6 Å². The molecule has 2 aromatic heterocycles. The Morgan fingerprint density at radius 1 is 1.15 bits per heavy atom. The summed E-state index contributed by atoms with van der Waals surface area (Å²) in [5.74, 6) is -7.39. The van der Waals surface area contributed by atoms with Crippen LogP contribution in [-0.2, 0) is 29.1 Å². The van der Waals surface area contributed by atoms with Gasteiger partial charge in [0.15, 0.2) is 17.3 Å². The van der Waals surface area contributed by atoms with Gasteiger partial charge in [0, 0.05) is 12.5 Å². The van der Waals surface area contributed by atoms with Crippen LogP contribution in [0.1, 0.15) is 34.6 Å². The van der Waals surface area contributed by atoms with E-state index in [9.17, 15) is 14.5 Å². The summed E-state index contributed by atoms with van der Waals surface area (Å²) in [7, 11) is -3.84. The molecule has 0 aliphatic carbocycles. The lowest BCUT2D eigenvalue weighted by Gasteiger charge is -2.37. The highest BCUT2D eigenvalue weighted by Crippen LogP contribution is 2.48. The average molecular weight is 681 g/mol. The third kappa shape index (κ3) is 7.96. The number of nitrogens with zero attached hydrogens (tertiary/aromatic N) is 4. The van der Waals surface area contributed by atoms with Crippen LogP contribution < -0.4 is 20.1 Å². The summed E-state index contributed by atoms with van der Waals surface area (Å²) in [6.45, 7) is 6.51. The number of aromatic nitrogens is 4. The third-order valence-electron chi connectivity index (χ3n) is 7.04. The molecular formula is C30H39F2N6O8P. The zero-order valence-electron chi connectivity index (χ0n) is 26.8. The second kappa shape index (κ2) is 14.4. The van der Waals surface area contributed by atoms with Crippen molar-refractivity contribution in [1.29, 1.82) is 0 Å². The Bertz CT molecular complexity index is 1750. The van der Waals surface area contributed by atoms with Crippen molar-refractivity contribution < 1.29 is 46.5 Å². The van der Waals surface area contributed by atoms with Crippen LogP contribution in [0.15, 0.2) is 48.8 Å². The van der Waals surface area contributed by atoms with Gasteiger partial charge >= 0.3 is 13.7 Å². The molecule has 14 nitrogen and oxygen atoms in total. The first-order valence-electron chi connectivity index (χ1n) is 14.7. The lowest BCUT2D eigenvalue weighted by atomic mass is 10.0. The molecule has 4 aromatic rings. The molecule has 4 unspecified atom stereocenters. The molecule has 5 atom stereocenters. The van der Waals surface area contributed by atoms with Gasteiger partial charge in [-0.1, -0.05) is 50.2 Å². The molecule has 0 spiro atoms. The topological polar surface area (TPSA) is 182 Å². The molecule has 0 fully saturated rings. The second-order valence-corrected chi connectivity index (χ2v) is 12.9. The summed E-state index contributed by atoms with van der Waals surface area (Å²) in [6, 6.07) is 10.7. The van der Waals surface area contributed by atoms with E-state index < -0.39 is 44.1 Å². The number of hydrogen-bond acceptors (Lipinski definition) is 12. The van der Waals surface area contributed by atoms with Gasteiger partial charge in [0.1, 0.15) is 18.4 Å². The van der Waals surface area contributed by atoms with E-state index >= 15 is 8.78 Å². The number of aliphatic hydroxyl groups excluding tert-OH is 1. The minimum absolute atomic E-state index is 0.00535. The molecule has 4 N–H and O–H groups in total. The van der Waals surface area contributed by atoms with E-state index in [-0.39, 0.29) is 47.9 Å². The Balaban J connectivity index is 1.65. The Labute approximate surface area is 270 Å². The number of esters is 1. The van der Waals surface area contributed by atoms with E-state index in [1.54, 1.807) is 43.3 Å². The minimum Gasteiger partial charge on any atom is -0.476 e. The summed E-state index contributed by atoms with van der Waals surface area (Å²) in [4.78, 5) is 24.7. The highest BCUT2D eigenvalue weighted by molar-refractivity contribution is 7.52. The van der Waals surface area contributed by atoms with Crippen LogP contribution in [0.3, 0.4) is 0 Å². The number of nitrogen functional groups attached to an aromatic ring is 1. The van der Waals surface area contributed by atoms with Crippen LogP contribution in [0.5, 0.6) is 11.6 Å². The highest BCUT2D eigenvalue weighted by atomic mass is 31.2. The number of imidazole rings is 1. The van der Waals surface area contributed by atoms with Gasteiger partial charge in [0.05, 0.1) is 19.5 Å². The van der Waals surface area contributed by atoms with Gasteiger partial charge in [-0.05, 0) is 38.1 Å². The van der Waals surface area contributed by atoms with Gasteiger partial charge in [-0.2, -0.15) is 15.1 Å². The predicted molar refractivity (Wildman–Crippen MR) is 169 cm³/mol. The molecule has 0 saturated heterocycles. The third-order valence-corrected chi connectivity index (χ3v) is 8.65. The maximum absolute atomic E-state index is 16.5. The van der Waals surface area contributed by atoms with E-state index in [1.807, 2.05) is 13.8 Å². The SMILES string of the molecule is CCOc1nc(N)nc2c1ncn2C(C)(F)[C@H](O)C(F)(COP(=O)(NC(C)C(=O)OCC(C)C)Oc1cccc2ccccc12)OC. The standard InChI is InChI=1S/C30H39F2N6O8P/c1-7-43-25-23-24(35-28(33)36-25)38(17-34-23)29(5,31)27(40)30(32,42-6)16-45-47(41,37-19(4)26(39)44-15-18(2)3)46-22-14-10-12-20-11-8-9-13-21(20)22/h8-14,17-19,27,40H,7,15-16H2,1-6H3,(H,37,41)(H2,33,35,36)/t19?,27-,29?,30?,47?/m0/s1. The number of nitrogens with two attached hydrogens (primary N) is 1. The van der Waals surface area contributed by atoms with Gasteiger partial charge in [0.2, 0.25) is 17.6 Å². The molecule has 47 heavy (non-hydrogen) atoms. The predicted octanol–water partition coefficient (Wildman–Crippen LogP) is 4.66. The Hall–Kier alpha value is -3.95.